The van der Waals surface area contributed by atoms with Gasteiger partial charge in [0.1, 0.15) is 18.6 Å². The molecule has 2 atom stereocenters. The van der Waals surface area contributed by atoms with Gasteiger partial charge in [0.15, 0.2) is 0 Å². The molecule has 2 amide bonds. The van der Waals surface area contributed by atoms with Crippen LogP contribution in [0, 0.1) is 0 Å². The Morgan fingerprint density at radius 2 is 1.76 bits per heavy atom. The van der Waals surface area contributed by atoms with Crippen LogP contribution in [0.2, 0.25) is 0 Å². The van der Waals surface area contributed by atoms with Gasteiger partial charge >= 0.3 is 11.9 Å². The van der Waals surface area contributed by atoms with Crippen molar-refractivity contribution in [1.82, 2.24) is 10.6 Å². The number of amides is 2. The van der Waals surface area contributed by atoms with Gasteiger partial charge in [-0.15, -0.1) is 0 Å². The van der Waals surface area contributed by atoms with Crippen LogP contribution in [0.4, 0.5) is 0 Å². The van der Waals surface area contributed by atoms with Gasteiger partial charge in [-0.2, -0.15) is 12.6 Å². The van der Waals surface area contributed by atoms with Crippen LogP contribution in [0.1, 0.15) is 12.8 Å². The Hall–Kier alpha value is 0.242. The molecule has 0 saturated carbocycles. The fraction of sp³-hybridized carbons (Fsp3) is 0.600. The summed E-state index contributed by atoms with van der Waals surface area (Å²) >= 11 is 3.87. The van der Waals surface area contributed by atoms with Gasteiger partial charge in [-0.3, -0.25) is 19.2 Å². The maximum atomic E-state index is 11.5. The minimum absolute atomic E-state index is 0. The molecule has 0 aliphatic heterocycles. The first-order chi connectivity index (χ1) is 9.27. The normalized spacial score (nSPS) is 12.5. The Kier molecular flexibility index (Phi) is 14.3. The number of carbonyl (C=O) groups is 4. The molecule has 9 nitrogen and oxygen atoms in total. The van der Waals surface area contributed by atoms with Gasteiger partial charge in [-0.1, -0.05) is 0 Å². The third-order valence-electron chi connectivity index (χ3n) is 2.25. The second kappa shape index (κ2) is 12.8. The number of aliphatic carboxylic acids is 2. The van der Waals surface area contributed by atoms with Crippen LogP contribution >= 0.6 is 12.6 Å². The van der Waals surface area contributed by atoms with Crippen molar-refractivity contribution in [3.8, 4) is 0 Å². The molecule has 6 N–H and O–H groups in total. The van der Waals surface area contributed by atoms with Crippen molar-refractivity contribution < 1.29 is 29.4 Å². The molecule has 1 radical (unpaired) electrons. The fourth-order valence-electron chi connectivity index (χ4n) is 1.16. The van der Waals surface area contributed by atoms with E-state index in [4.69, 9.17) is 15.9 Å². The van der Waals surface area contributed by atoms with Gasteiger partial charge in [0.2, 0.25) is 11.8 Å². The van der Waals surface area contributed by atoms with E-state index >= 15 is 0 Å². The average molecular weight is 440 g/mol. The second-order valence-corrected chi connectivity index (χ2v) is 4.26. The van der Waals surface area contributed by atoms with Gasteiger partial charge < -0.3 is 26.6 Å². The largest absolute Gasteiger partial charge is 0.480 e. The first-order valence-electron chi connectivity index (χ1n) is 5.66. The number of rotatable bonds is 9. The predicted molar refractivity (Wildman–Crippen MR) is 77.0 cm³/mol. The number of carboxylic acid groups (broad SMARTS) is 2. The smallest absolute Gasteiger partial charge is 0.322 e. The SMILES string of the molecule is N[C@@H](CCC(=O)N[C@@H](CS)C(=O)NCC(=O)O)C(=O)O.[Cs]. The van der Waals surface area contributed by atoms with Crippen LogP contribution in [0.3, 0.4) is 0 Å². The molecule has 0 unspecified atom stereocenters. The molecule has 21 heavy (non-hydrogen) atoms. The Bertz CT molecular complexity index is 395. The Morgan fingerprint density at radius 1 is 1.19 bits per heavy atom. The summed E-state index contributed by atoms with van der Waals surface area (Å²) in [6.45, 7) is -0.567. The minimum atomic E-state index is -1.22. The van der Waals surface area contributed by atoms with Crippen molar-refractivity contribution in [1.29, 1.82) is 0 Å². The topological polar surface area (TPSA) is 159 Å². The van der Waals surface area contributed by atoms with E-state index in [0.717, 1.165) is 0 Å². The number of nitrogens with one attached hydrogen (secondary N) is 2. The standard InChI is InChI=1S/C10H17N3O6S.Cs/c11-5(10(18)19)1-2-7(14)13-6(4-20)9(17)12-3-8(15)16;/h5-6,20H,1-4,11H2,(H,12,17)(H,13,14)(H,15,16)(H,18,19);/t5-,6-;/m0./s1. The summed E-state index contributed by atoms with van der Waals surface area (Å²) in [5.74, 6) is -3.70. The number of carbonyl (C=O) groups excluding carboxylic acids is 2. The summed E-state index contributed by atoms with van der Waals surface area (Å²) in [7, 11) is 0. The van der Waals surface area contributed by atoms with E-state index in [2.05, 4.69) is 23.3 Å². The van der Waals surface area contributed by atoms with Gasteiger partial charge in [0.25, 0.3) is 0 Å². The third kappa shape index (κ3) is 11.5. The number of thiol groups is 1. The first kappa shape index (κ1) is 23.5. The van der Waals surface area contributed by atoms with Crippen LogP contribution in [-0.2, 0) is 19.2 Å². The molecule has 0 fully saturated rings. The van der Waals surface area contributed by atoms with E-state index < -0.39 is 42.4 Å². The molecular formula is C10H17CsN3O6S. The molecule has 0 aromatic rings. The quantitative estimate of drug-likeness (QED) is 0.215. The molecule has 11 heteroatoms. The number of hydrogen-bond donors (Lipinski definition) is 6. The Balaban J connectivity index is 0. The van der Waals surface area contributed by atoms with Crippen LogP contribution in [0.25, 0.3) is 0 Å². The summed E-state index contributed by atoms with van der Waals surface area (Å²) in [5, 5.41) is 21.4. The van der Waals surface area contributed by atoms with Crippen LogP contribution in [0.15, 0.2) is 0 Å². The number of nitrogens with two attached hydrogens (primary N) is 1. The molecule has 0 aromatic heterocycles. The van der Waals surface area contributed by atoms with Crippen LogP contribution < -0.4 is 16.4 Å². The summed E-state index contributed by atoms with van der Waals surface area (Å²) in [4.78, 5) is 43.7. The molecule has 0 rings (SSSR count). The fourth-order valence-corrected chi connectivity index (χ4v) is 1.41. The molecule has 0 saturated heterocycles. The maximum absolute atomic E-state index is 11.5. The first-order valence-corrected chi connectivity index (χ1v) is 6.29. The molecule has 0 bridgehead atoms. The minimum Gasteiger partial charge on any atom is -0.480 e. The third-order valence-corrected chi connectivity index (χ3v) is 2.61. The zero-order valence-electron chi connectivity index (χ0n) is 11.5. The summed E-state index contributed by atoms with van der Waals surface area (Å²) in [5.41, 5.74) is 5.23. The van der Waals surface area contributed by atoms with Gasteiger partial charge in [-0.05, 0) is 6.42 Å². The van der Waals surface area contributed by atoms with Crippen LogP contribution in [-0.4, -0.2) is 127 Å². The predicted octanol–water partition coefficient (Wildman–Crippen LogP) is -2.59. The zero-order chi connectivity index (χ0) is 15.7. The van der Waals surface area contributed by atoms with E-state index in [1.54, 1.807) is 0 Å². The van der Waals surface area contributed by atoms with Crippen molar-refractivity contribution in [3.63, 3.8) is 0 Å². The van der Waals surface area contributed by atoms with E-state index in [0.29, 0.717) is 0 Å². The van der Waals surface area contributed by atoms with E-state index in [9.17, 15) is 19.2 Å². The summed E-state index contributed by atoms with van der Waals surface area (Å²) in [6, 6.07) is -2.15. The molecule has 0 aliphatic carbocycles. The molecule has 0 aromatic carbocycles. The maximum Gasteiger partial charge on any atom is 0.322 e. The Labute approximate surface area is 185 Å². The molecule has 0 heterocycles. The van der Waals surface area contributed by atoms with Crippen LogP contribution in [0.5, 0.6) is 0 Å². The summed E-state index contributed by atoms with van der Waals surface area (Å²) < 4.78 is 0. The van der Waals surface area contributed by atoms with E-state index in [1.165, 1.54) is 0 Å². The van der Waals surface area contributed by atoms with E-state index in [-0.39, 0.29) is 87.5 Å². The van der Waals surface area contributed by atoms with Gasteiger partial charge in [0, 0.05) is 81.1 Å². The average Bonchev–Trinajstić information content (AvgIpc) is 2.38. The number of carboxylic acids is 2. The monoisotopic (exact) mass is 440 g/mol. The molecule has 0 aliphatic rings. The second-order valence-electron chi connectivity index (χ2n) is 3.90. The van der Waals surface area contributed by atoms with Crippen molar-refractivity contribution in [2.45, 2.75) is 24.9 Å². The zero-order valence-corrected chi connectivity index (χ0v) is 18.7. The van der Waals surface area contributed by atoms with Crippen molar-refractivity contribution in [2.75, 3.05) is 12.3 Å². The molecule has 0 spiro atoms. The van der Waals surface area contributed by atoms with Gasteiger partial charge in [-0.25, -0.2) is 0 Å². The van der Waals surface area contributed by atoms with Crippen molar-refractivity contribution in [2.24, 2.45) is 5.73 Å². The number of hydrogen-bond acceptors (Lipinski definition) is 6. The van der Waals surface area contributed by atoms with Crippen molar-refractivity contribution in [3.05, 3.63) is 0 Å². The molecule has 115 valence electrons. The summed E-state index contributed by atoms with van der Waals surface area (Å²) in [6.07, 6.45) is -0.235. The molecular weight excluding hydrogens is 423 g/mol. The Morgan fingerprint density at radius 3 is 2.19 bits per heavy atom. The van der Waals surface area contributed by atoms with Crippen molar-refractivity contribution >= 4 is 105 Å². The van der Waals surface area contributed by atoms with Gasteiger partial charge in [0.05, 0.1) is 0 Å². The van der Waals surface area contributed by atoms with E-state index in [1.807, 2.05) is 0 Å².